The van der Waals surface area contributed by atoms with Crippen LogP contribution in [0.4, 0.5) is 0 Å². The van der Waals surface area contributed by atoms with E-state index in [-0.39, 0.29) is 11.8 Å². The lowest BCUT2D eigenvalue weighted by molar-refractivity contribution is -0.137. The molecule has 7 heteroatoms. The standard InChI is InChI=1S/C23H34N6O/c1-18-13-21(26-25-18)17-27(2)23(30)20-6-4-10-29(16-20)22-7-11-28(12-8-22)15-19-5-3-9-24-14-19/h3,5,9,13-14,20,22H,4,6-8,10-12,15-17H2,1-2H3,(H,25,26)/t20-/m0/s1. The van der Waals surface area contributed by atoms with E-state index in [9.17, 15) is 4.79 Å². The number of nitrogens with zero attached hydrogens (tertiary/aromatic N) is 5. The summed E-state index contributed by atoms with van der Waals surface area (Å²) in [7, 11) is 1.90. The summed E-state index contributed by atoms with van der Waals surface area (Å²) in [6.07, 6.45) is 8.28. The highest BCUT2D eigenvalue weighted by molar-refractivity contribution is 5.78. The Hall–Kier alpha value is -2.25. The molecule has 0 radical (unpaired) electrons. The monoisotopic (exact) mass is 410 g/mol. The number of carbonyl (C=O) groups excluding carboxylic acids is 1. The third-order valence-electron chi connectivity index (χ3n) is 6.54. The second-order valence-corrected chi connectivity index (χ2v) is 8.94. The van der Waals surface area contributed by atoms with E-state index < -0.39 is 0 Å². The molecule has 30 heavy (non-hydrogen) atoms. The van der Waals surface area contributed by atoms with E-state index in [4.69, 9.17) is 0 Å². The largest absolute Gasteiger partial charge is 0.340 e. The van der Waals surface area contributed by atoms with Gasteiger partial charge in [0.25, 0.3) is 0 Å². The molecule has 0 spiro atoms. The molecule has 2 fully saturated rings. The Morgan fingerprint density at radius 2 is 2.10 bits per heavy atom. The first-order valence-corrected chi connectivity index (χ1v) is 11.2. The number of hydrogen-bond acceptors (Lipinski definition) is 5. The zero-order valence-corrected chi connectivity index (χ0v) is 18.3. The minimum Gasteiger partial charge on any atom is -0.340 e. The summed E-state index contributed by atoms with van der Waals surface area (Å²) in [6, 6.07) is 6.78. The van der Waals surface area contributed by atoms with Gasteiger partial charge >= 0.3 is 0 Å². The first-order valence-electron chi connectivity index (χ1n) is 11.2. The van der Waals surface area contributed by atoms with Gasteiger partial charge in [0.1, 0.15) is 0 Å². The molecule has 2 aromatic rings. The molecule has 1 atom stereocenters. The van der Waals surface area contributed by atoms with Gasteiger partial charge in [0.15, 0.2) is 0 Å². The van der Waals surface area contributed by atoms with Gasteiger partial charge in [0, 0.05) is 44.3 Å². The maximum Gasteiger partial charge on any atom is 0.227 e. The van der Waals surface area contributed by atoms with Crippen LogP contribution < -0.4 is 0 Å². The molecule has 0 aliphatic carbocycles. The molecule has 0 bridgehead atoms. The van der Waals surface area contributed by atoms with Crippen molar-refractivity contribution in [2.45, 2.75) is 51.7 Å². The fourth-order valence-corrected chi connectivity index (χ4v) is 4.92. The van der Waals surface area contributed by atoms with E-state index >= 15 is 0 Å². The Morgan fingerprint density at radius 1 is 1.27 bits per heavy atom. The Balaban J connectivity index is 1.26. The molecule has 2 aliphatic heterocycles. The first-order chi connectivity index (χ1) is 14.6. The van der Waals surface area contributed by atoms with E-state index in [0.717, 1.165) is 57.0 Å². The molecule has 0 aromatic carbocycles. The van der Waals surface area contributed by atoms with Crippen LogP contribution in [-0.2, 0) is 17.9 Å². The van der Waals surface area contributed by atoms with Crippen molar-refractivity contribution in [3.05, 3.63) is 47.5 Å². The number of amides is 1. The van der Waals surface area contributed by atoms with E-state index in [1.807, 2.05) is 43.4 Å². The second-order valence-electron chi connectivity index (χ2n) is 8.94. The van der Waals surface area contributed by atoms with Crippen LogP contribution in [0.25, 0.3) is 0 Å². The molecule has 4 rings (SSSR count). The van der Waals surface area contributed by atoms with Crippen LogP contribution in [-0.4, -0.2) is 75.1 Å². The van der Waals surface area contributed by atoms with Crippen LogP contribution >= 0.6 is 0 Å². The van der Waals surface area contributed by atoms with Crippen molar-refractivity contribution >= 4 is 5.91 Å². The lowest BCUT2D eigenvalue weighted by atomic mass is 9.93. The van der Waals surface area contributed by atoms with Crippen LogP contribution in [0.5, 0.6) is 0 Å². The van der Waals surface area contributed by atoms with E-state index in [2.05, 4.69) is 31.0 Å². The highest BCUT2D eigenvalue weighted by Crippen LogP contribution is 2.25. The summed E-state index contributed by atoms with van der Waals surface area (Å²) in [5.41, 5.74) is 3.25. The summed E-state index contributed by atoms with van der Waals surface area (Å²) < 4.78 is 0. The molecule has 1 N–H and O–H groups in total. The smallest absolute Gasteiger partial charge is 0.227 e. The van der Waals surface area contributed by atoms with Crippen molar-refractivity contribution in [1.29, 1.82) is 0 Å². The fourth-order valence-electron chi connectivity index (χ4n) is 4.92. The van der Waals surface area contributed by atoms with Crippen LogP contribution in [0.3, 0.4) is 0 Å². The number of likely N-dealkylation sites (tertiary alicyclic amines) is 2. The summed E-state index contributed by atoms with van der Waals surface area (Å²) >= 11 is 0. The predicted octanol–water partition coefficient (Wildman–Crippen LogP) is 2.45. The molecule has 0 unspecified atom stereocenters. The Labute approximate surface area is 179 Å². The second kappa shape index (κ2) is 9.71. The quantitative estimate of drug-likeness (QED) is 0.792. The lowest BCUT2D eigenvalue weighted by Crippen LogP contribution is -2.50. The number of aromatic nitrogens is 3. The molecular weight excluding hydrogens is 376 g/mol. The first kappa shape index (κ1) is 21.0. The topological polar surface area (TPSA) is 68.4 Å². The number of aryl methyl sites for hydroxylation is 1. The SMILES string of the molecule is Cc1cc(CN(C)C(=O)[C@H]2CCCN(C3CCN(Cc4cccnc4)CC3)C2)n[nH]1. The number of nitrogens with one attached hydrogen (secondary N) is 1. The molecular formula is C23H34N6O. The minimum atomic E-state index is 0.109. The highest BCUT2D eigenvalue weighted by Gasteiger charge is 2.32. The maximum absolute atomic E-state index is 13.0. The van der Waals surface area contributed by atoms with Gasteiger partial charge in [-0.15, -0.1) is 0 Å². The number of pyridine rings is 1. The molecule has 0 saturated carbocycles. The van der Waals surface area contributed by atoms with E-state index in [1.54, 1.807) is 0 Å². The number of piperidine rings is 2. The average Bonchev–Trinajstić information content (AvgIpc) is 3.19. The fraction of sp³-hybridized carbons (Fsp3) is 0.609. The van der Waals surface area contributed by atoms with Gasteiger partial charge in [-0.25, -0.2) is 0 Å². The normalized spacial score (nSPS) is 21.6. The minimum absolute atomic E-state index is 0.109. The number of carbonyl (C=O) groups is 1. The van der Waals surface area contributed by atoms with Crippen LogP contribution in [0, 0.1) is 12.8 Å². The van der Waals surface area contributed by atoms with Crippen molar-refractivity contribution in [2.75, 3.05) is 33.2 Å². The van der Waals surface area contributed by atoms with Gasteiger partial charge in [-0.05, 0) is 69.9 Å². The van der Waals surface area contributed by atoms with Gasteiger partial charge in [-0.1, -0.05) is 6.07 Å². The Morgan fingerprint density at radius 3 is 2.80 bits per heavy atom. The van der Waals surface area contributed by atoms with Gasteiger partial charge in [-0.2, -0.15) is 5.10 Å². The van der Waals surface area contributed by atoms with Crippen LogP contribution in [0.15, 0.2) is 30.6 Å². The third kappa shape index (κ3) is 5.26. The summed E-state index contributed by atoms with van der Waals surface area (Å²) in [5, 5.41) is 7.23. The summed E-state index contributed by atoms with van der Waals surface area (Å²) in [4.78, 5) is 24.2. The Bertz CT molecular complexity index is 814. The maximum atomic E-state index is 13.0. The van der Waals surface area contributed by atoms with E-state index in [1.165, 1.54) is 18.4 Å². The number of aromatic amines is 1. The third-order valence-corrected chi connectivity index (χ3v) is 6.54. The molecule has 1 amide bonds. The lowest BCUT2D eigenvalue weighted by Gasteiger charge is -2.42. The van der Waals surface area contributed by atoms with Crippen molar-refractivity contribution in [1.82, 2.24) is 29.9 Å². The average molecular weight is 411 g/mol. The summed E-state index contributed by atoms with van der Waals surface area (Å²) in [6.45, 7) is 7.81. The van der Waals surface area contributed by atoms with Crippen molar-refractivity contribution in [3.8, 4) is 0 Å². The van der Waals surface area contributed by atoms with E-state index in [0.29, 0.717) is 12.6 Å². The summed E-state index contributed by atoms with van der Waals surface area (Å²) in [5.74, 6) is 0.367. The van der Waals surface area contributed by atoms with Gasteiger partial charge in [0.05, 0.1) is 18.2 Å². The van der Waals surface area contributed by atoms with Crippen LogP contribution in [0.1, 0.15) is 42.6 Å². The number of hydrogen-bond donors (Lipinski definition) is 1. The number of rotatable bonds is 6. The molecule has 2 aromatic heterocycles. The predicted molar refractivity (Wildman–Crippen MR) is 117 cm³/mol. The zero-order valence-electron chi connectivity index (χ0n) is 18.3. The van der Waals surface area contributed by atoms with Gasteiger partial charge in [0.2, 0.25) is 5.91 Å². The van der Waals surface area contributed by atoms with Crippen molar-refractivity contribution in [2.24, 2.45) is 5.92 Å². The molecule has 4 heterocycles. The number of H-pyrrole nitrogens is 1. The molecule has 162 valence electrons. The van der Waals surface area contributed by atoms with Crippen molar-refractivity contribution < 1.29 is 4.79 Å². The van der Waals surface area contributed by atoms with Crippen molar-refractivity contribution in [3.63, 3.8) is 0 Å². The Kier molecular flexibility index (Phi) is 6.79. The zero-order chi connectivity index (χ0) is 20.9. The molecule has 2 saturated heterocycles. The van der Waals surface area contributed by atoms with Gasteiger partial charge in [-0.3, -0.25) is 24.7 Å². The van der Waals surface area contributed by atoms with Crippen LogP contribution in [0.2, 0.25) is 0 Å². The highest BCUT2D eigenvalue weighted by atomic mass is 16.2. The molecule has 2 aliphatic rings. The molecule has 7 nitrogen and oxygen atoms in total. The van der Waals surface area contributed by atoms with Gasteiger partial charge < -0.3 is 4.90 Å².